The smallest absolute Gasteiger partial charge is 0.232 e. The van der Waals surface area contributed by atoms with Crippen molar-refractivity contribution in [2.75, 3.05) is 25.6 Å². The first-order valence-corrected chi connectivity index (χ1v) is 7.51. The van der Waals surface area contributed by atoms with Crippen LogP contribution >= 0.6 is 10.7 Å². The van der Waals surface area contributed by atoms with Crippen molar-refractivity contribution in [1.82, 2.24) is 0 Å². The molecule has 0 spiro atoms. The van der Waals surface area contributed by atoms with Crippen LogP contribution < -0.4 is 0 Å². The summed E-state index contributed by atoms with van der Waals surface area (Å²) < 4.78 is 31.6. The second-order valence-corrected chi connectivity index (χ2v) is 6.38. The molecular weight excluding hydrogens is 240 g/mol. The van der Waals surface area contributed by atoms with E-state index < -0.39 is 9.05 Å². The summed E-state index contributed by atoms with van der Waals surface area (Å²) in [4.78, 5) is 0. The minimum absolute atomic E-state index is 0.0143. The van der Waals surface area contributed by atoms with E-state index in [9.17, 15) is 8.42 Å². The molecule has 0 heterocycles. The van der Waals surface area contributed by atoms with E-state index in [2.05, 4.69) is 0 Å². The van der Waals surface area contributed by atoms with Gasteiger partial charge >= 0.3 is 0 Å². The number of rotatable bonds is 9. The second-order valence-electron chi connectivity index (χ2n) is 3.48. The van der Waals surface area contributed by atoms with Gasteiger partial charge in [-0.2, -0.15) is 0 Å². The van der Waals surface area contributed by atoms with Gasteiger partial charge in [0.1, 0.15) is 0 Å². The Kier molecular flexibility index (Phi) is 8.42. The second kappa shape index (κ2) is 8.33. The van der Waals surface area contributed by atoms with Gasteiger partial charge in [-0.3, -0.25) is 0 Å². The summed E-state index contributed by atoms with van der Waals surface area (Å²) in [5.74, 6) is 0.0143. The number of hydrogen-bond donors (Lipinski definition) is 0. The van der Waals surface area contributed by atoms with Gasteiger partial charge in [-0.1, -0.05) is 0 Å². The van der Waals surface area contributed by atoms with Crippen LogP contribution in [0.4, 0.5) is 0 Å². The molecule has 0 aliphatic heterocycles. The van der Waals surface area contributed by atoms with E-state index in [1.165, 1.54) is 0 Å². The lowest BCUT2D eigenvalue weighted by Crippen LogP contribution is -2.10. The monoisotopic (exact) mass is 258 g/mol. The lowest BCUT2D eigenvalue weighted by Gasteiger charge is -2.07. The summed E-state index contributed by atoms with van der Waals surface area (Å²) in [7, 11) is 1.70. The van der Waals surface area contributed by atoms with Crippen molar-refractivity contribution in [2.24, 2.45) is 0 Å². The maximum absolute atomic E-state index is 10.5. The molecule has 0 saturated carbocycles. The fourth-order valence-electron chi connectivity index (χ4n) is 0.923. The summed E-state index contributed by atoms with van der Waals surface area (Å²) >= 11 is 0. The molecule has 0 N–H and O–H groups in total. The van der Waals surface area contributed by atoms with Gasteiger partial charge in [-0.05, 0) is 26.7 Å². The molecule has 0 bridgehead atoms. The van der Waals surface area contributed by atoms with Crippen LogP contribution in [0.1, 0.15) is 26.7 Å². The van der Waals surface area contributed by atoms with Crippen molar-refractivity contribution in [3.05, 3.63) is 0 Å². The number of unbranched alkanes of at least 4 members (excludes halogenated alkanes) is 1. The van der Waals surface area contributed by atoms with Crippen LogP contribution in [0.2, 0.25) is 0 Å². The molecule has 0 aromatic heterocycles. The fourth-order valence-corrected chi connectivity index (χ4v) is 1.80. The Hall–Kier alpha value is 0.160. The highest BCUT2D eigenvalue weighted by Crippen LogP contribution is 2.01. The molecule has 4 nitrogen and oxygen atoms in total. The van der Waals surface area contributed by atoms with E-state index in [0.29, 0.717) is 32.7 Å². The molecule has 6 heteroatoms. The average molecular weight is 259 g/mol. The SMILES string of the molecule is CC(C)OCCOCCCCS(=O)(=O)Cl. The van der Waals surface area contributed by atoms with E-state index >= 15 is 0 Å². The van der Waals surface area contributed by atoms with Crippen molar-refractivity contribution in [3.63, 3.8) is 0 Å². The predicted molar refractivity (Wildman–Crippen MR) is 60.8 cm³/mol. The molecule has 92 valence electrons. The van der Waals surface area contributed by atoms with Crippen molar-refractivity contribution in [3.8, 4) is 0 Å². The van der Waals surface area contributed by atoms with Crippen LogP contribution in [0.15, 0.2) is 0 Å². The van der Waals surface area contributed by atoms with Crippen LogP contribution in [-0.2, 0) is 18.5 Å². The van der Waals surface area contributed by atoms with Crippen molar-refractivity contribution >= 4 is 19.7 Å². The third-order valence-electron chi connectivity index (χ3n) is 1.61. The molecule has 0 saturated heterocycles. The maximum Gasteiger partial charge on any atom is 0.232 e. The first kappa shape index (κ1) is 15.2. The van der Waals surface area contributed by atoms with E-state index in [0.717, 1.165) is 0 Å². The Labute approximate surface area is 96.3 Å². The Morgan fingerprint density at radius 1 is 1.13 bits per heavy atom. The maximum atomic E-state index is 10.5. The first-order chi connectivity index (χ1) is 6.92. The molecule has 15 heavy (non-hydrogen) atoms. The largest absolute Gasteiger partial charge is 0.379 e. The van der Waals surface area contributed by atoms with E-state index in [-0.39, 0.29) is 11.9 Å². The minimum atomic E-state index is -3.34. The van der Waals surface area contributed by atoms with Gasteiger partial charge in [0.05, 0.1) is 25.1 Å². The summed E-state index contributed by atoms with van der Waals surface area (Å²) in [6, 6.07) is 0. The Bertz CT molecular complexity index is 238. The fraction of sp³-hybridized carbons (Fsp3) is 1.00. The van der Waals surface area contributed by atoms with Crippen molar-refractivity contribution in [2.45, 2.75) is 32.8 Å². The average Bonchev–Trinajstić information content (AvgIpc) is 2.07. The third kappa shape index (κ3) is 14.2. The number of hydrogen-bond acceptors (Lipinski definition) is 4. The van der Waals surface area contributed by atoms with Gasteiger partial charge in [0, 0.05) is 17.3 Å². The molecule has 0 aromatic rings. The molecule has 0 aliphatic rings. The van der Waals surface area contributed by atoms with Crippen LogP contribution in [0.3, 0.4) is 0 Å². The van der Waals surface area contributed by atoms with Gasteiger partial charge in [0.15, 0.2) is 0 Å². The normalized spacial score (nSPS) is 12.3. The van der Waals surface area contributed by atoms with Crippen LogP contribution in [0.5, 0.6) is 0 Å². The van der Waals surface area contributed by atoms with E-state index in [1.807, 2.05) is 13.8 Å². The Morgan fingerprint density at radius 2 is 1.80 bits per heavy atom. The molecule has 0 unspecified atom stereocenters. The lowest BCUT2D eigenvalue weighted by molar-refractivity contribution is 0.0189. The number of halogens is 1. The highest BCUT2D eigenvalue weighted by Gasteiger charge is 2.03. The van der Waals surface area contributed by atoms with Crippen LogP contribution in [0.25, 0.3) is 0 Å². The summed E-state index contributed by atoms with van der Waals surface area (Å²) in [5.41, 5.74) is 0. The zero-order chi connectivity index (χ0) is 11.7. The van der Waals surface area contributed by atoms with Gasteiger partial charge in [0.25, 0.3) is 0 Å². The highest BCUT2D eigenvalue weighted by molar-refractivity contribution is 8.13. The molecule has 0 fully saturated rings. The van der Waals surface area contributed by atoms with Gasteiger partial charge in [0.2, 0.25) is 9.05 Å². The molecular formula is C9H19ClO4S. The molecule has 0 rings (SSSR count). The quantitative estimate of drug-likeness (QED) is 0.467. The standard InChI is InChI=1S/C9H19ClO4S/c1-9(2)14-7-6-13-5-3-4-8-15(10,11)12/h9H,3-8H2,1-2H3. The molecule has 0 radical (unpaired) electrons. The predicted octanol–water partition coefficient (Wildman–Crippen LogP) is 1.78. The summed E-state index contributed by atoms with van der Waals surface area (Å²) in [5, 5.41) is 0. The van der Waals surface area contributed by atoms with Gasteiger partial charge < -0.3 is 9.47 Å². The molecule has 0 amide bonds. The number of ether oxygens (including phenoxy) is 2. The molecule has 0 aliphatic carbocycles. The topological polar surface area (TPSA) is 52.6 Å². The third-order valence-corrected chi connectivity index (χ3v) is 2.84. The van der Waals surface area contributed by atoms with Crippen molar-refractivity contribution < 1.29 is 17.9 Å². The first-order valence-electron chi connectivity index (χ1n) is 5.03. The Morgan fingerprint density at radius 3 is 2.33 bits per heavy atom. The summed E-state index contributed by atoms with van der Waals surface area (Å²) in [6.07, 6.45) is 1.46. The molecule has 0 aromatic carbocycles. The van der Waals surface area contributed by atoms with Crippen molar-refractivity contribution in [1.29, 1.82) is 0 Å². The van der Waals surface area contributed by atoms with E-state index in [1.54, 1.807) is 0 Å². The highest BCUT2D eigenvalue weighted by atomic mass is 35.7. The van der Waals surface area contributed by atoms with Gasteiger partial charge in [-0.15, -0.1) is 0 Å². The Balaban J connectivity index is 3.12. The van der Waals surface area contributed by atoms with Crippen LogP contribution in [0, 0.1) is 0 Å². The minimum Gasteiger partial charge on any atom is -0.379 e. The van der Waals surface area contributed by atoms with Crippen LogP contribution in [-0.4, -0.2) is 40.1 Å². The van der Waals surface area contributed by atoms with E-state index in [4.69, 9.17) is 20.2 Å². The molecule has 0 atom stereocenters. The zero-order valence-electron chi connectivity index (χ0n) is 9.24. The van der Waals surface area contributed by atoms with Gasteiger partial charge in [-0.25, -0.2) is 8.42 Å². The zero-order valence-corrected chi connectivity index (χ0v) is 10.8. The summed E-state index contributed by atoms with van der Waals surface area (Å²) in [6.45, 7) is 5.60. The lowest BCUT2D eigenvalue weighted by atomic mass is 10.4.